The fourth-order valence-electron chi connectivity index (χ4n) is 4.43. The fraction of sp³-hybridized carbons (Fsp3) is 0.417. The van der Waals surface area contributed by atoms with Gasteiger partial charge in [-0.25, -0.2) is 4.68 Å². The third kappa shape index (κ3) is 4.74. The summed E-state index contributed by atoms with van der Waals surface area (Å²) in [6.07, 6.45) is 3.88. The molecule has 3 aromatic heterocycles. The molecule has 0 amide bonds. The molecule has 0 spiro atoms. The maximum atomic E-state index is 13.0. The second-order valence-corrected chi connectivity index (χ2v) is 8.75. The number of nitrogens with zero attached hydrogens (tertiary/aromatic N) is 5. The van der Waals surface area contributed by atoms with Crippen LogP contribution in [0.15, 0.2) is 45.8 Å². The monoisotopic (exact) mass is 448 g/mol. The Kier molecular flexibility index (Phi) is 6.06. The maximum Gasteiger partial charge on any atom is 0.252 e. The van der Waals surface area contributed by atoms with Crippen LogP contribution in [0.25, 0.3) is 10.9 Å². The third-order valence-electron chi connectivity index (χ3n) is 6.25. The minimum atomic E-state index is -0.0837. The van der Waals surface area contributed by atoms with E-state index in [1.165, 1.54) is 0 Å². The minimum Gasteiger partial charge on any atom is -0.468 e. The van der Waals surface area contributed by atoms with E-state index in [2.05, 4.69) is 38.4 Å². The van der Waals surface area contributed by atoms with Gasteiger partial charge in [0, 0.05) is 24.1 Å². The van der Waals surface area contributed by atoms with E-state index in [1.807, 2.05) is 35.9 Å². The molecular formula is C24H28N6O3. The number of hydrogen-bond donors (Lipinski definition) is 1. The Balaban J connectivity index is 1.43. The summed E-state index contributed by atoms with van der Waals surface area (Å²) < 4.78 is 13.2. The first kappa shape index (κ1) is 21.5. The van der Waals surface area contributed by atoms with E-state index in [9.17, 15) is 4.79 Å². The van der Waals surface area contributed by atoms with Crippen LogP contribution in [0.4, 0.5) is 0 Å². The lowest BCUT2D eigenvalue weighted by atomic mass is 10.0. The molecule has 1 aliphatic heterocycles. The highest BCUT2D eigenvalue weighted by atomic mass is 16.5. The molecule has 4 aromatic rings. The highest BCUT2D eigenvalue weighted by molar-refractivity contribution is 5.85. The van der Waals surface area contributed by atoms with Crippen molar-refractivity contribution in [3.8, 4) is 0 Å². The summed E-state index contributed by atoms with van der Waals surface area (Å²) in [6, 6.07) is 9.91. The lowest BCUT2D eigenvalue weighted by molar-refractivity contribution is 0.0913. The van der Waals surface area contributed by atoms with Gasteiger partial charge in [0.15, 0.2) is 5.82 Å². The van der Waals surface area contributed by atoms with Gasteiger partial charge in [0.25, 0.3) is 5.56 Å². The molecule has 1 N–H and O–H groups in total. The average molecular weight is 449 g/mol. The lowest BCUT2D eigenvalue weighted by Crippen LogP contribution is -2.28. The van der Waals surface area contributed by atoms with Gasteiger partial charge in [-0.3, -0.25) is 9.69 Å². The van der Waals surface area contributed by atoms with E-state index in [0.717, 1.165) is 53.1 Å². The van der Waals surface area contributed by atoms with E-state index >= 15 is 0 Å². The Bertz CT molecular complexity index is 1290. The van der Waals surface area contributed by atoms with E-state index in [0.29, 0.717) is 31.7 Å². The zero-order valence-corrected chi connectivity index (χ0v) is 19.0. The van der Waals surface area contributed by atoms with Crippen LogP contribution in [0.1, 0.15) is 41.1 Å². The fourth-order valence-corrected chi connectivity index (χ4v) is 4.43. The van der Waals surface area contributed by atoms with Crippen molar-refractivity contribution in [2.24, 2.45) is 0 Å². The number of rotatable bonds is 8. The second kappa shape index (κ2) is 9.29. The van der Waals surface area contributed by atoms with E-state index in [4.69, 9.17) is 9.15 Å². The van der Waals surface area contributed by atoms with Crippen molar-refractivity contribution in [2.45, 2.75) is 59.0 Å². The number of H-pyrrole nitrogens is 1. The van der Waals surface area contributed by atoms with Crippen LogP contribution in [0.5, 0.6) is 0 Å². The maximum absolute atomic E-state index is 13.0. The minimum absolute atomic E-state index is 0.0837. The summed E-state index contributed by atoms with van der Waals surface area (Å²) in [6.45, 7) is 6.93. The predicted octanol–water partition coefficient (Wildman–Crippen LogP) is 3.11. The van der Waals surface area contributed by atoms with Crippen molar-refractivity contribution in [1.82, 2.24) is 30.1 Å². The first-order valence-electron chi connectivity index (χ1n) is 11.3. The van der Waals surface area contributed by atoms with Gasteiger partial charge in [-0.15, -0.1) is 5.10 Å². The molecule has 33 heavy (non-hydrogen) atoms. The number of ether oxygens (including phenoxy) is 1. The standard InChI is InChI=1S/C24H28N6O3/c1-16-7-8-17(2)23-21(16)11-18(24(31)25-23)12-29(13-19-5-3-9-32-19)15-22-26-27-28-30(22)14-20-6-4-10-33-20/h3,5,7-9,11,20H,4,6,10,12-15H2,1-2H3,(H,25,31)/t20-/m1/s1. The molecule has 9 nitrogen and oxygen atoms in total. The summed E-state index contributed by atoms with van der Waals surface area (Å²) in [5.74, 6) is 1.55. The third-order valence-corrected chi connectivity index (χ3v) is 6.25. The van der Waals surface area contributed by atoms with Crippen LogP contribution in [0.2, 0.25) is 0 Å². The van der Waals surface area contributed by atoms with E-state index in [-0.39, 0.29) is 11.7 Å². The number of tetrazole rings is 1. The first-order valence-corrected chi connectivity index (χ1v) is 11.3. The number of hydrogen-bond acceptors (Lipinski definition) is 7. The van der Waals surface area contributed by atoms with E-state index in [1.54, 1.807) is 6.26 Å². The van der Waals surface area contributed by atoms with Crippen LogP contribution >= 0.6 is 0 Å². The lowest BCUT2D eigenvalue weighted by Gasteiger charge is -2.21. The smallest absolute Gasteiger partial charge is 0.252 e. The topological polar surface area (TPSA) is 102 Å². The number of aryl methyl sites for hydroxylation is 2. The molecular weight excluding hydrogens is 420 g/mol. The Labute approximate surface area is 191 Å². The van der Waals surface area contributed by atoms with Crippen LogP contribution in [-0.4, -0.2) is 42.8 Å². The normalized spacial score (nSPS) is 16.3. The van der Waals surface area contributed by atoms with Crippen molar-refractivity contribution in [1.29, 1.82) is 0 Å². The van der Waals surface area contributed by atoms with Crippen LogP contribution < -0.4 is 5.56 Å². The number of furan rings is 1. The van der Waals surface area contributed by atoms with Gasteiger partial charge >= 0.3 is 0 Å². The molecule has 9 heteroatoms. The summed E-state index contributed by atoms with van der Waals surface area (Å²) in [4.78, 5) is 18.2. The average Bonchev–Trinajstić information content (AvgIpc) is 3.57. The Morgan fingerprint density at radius 3 is 2.85 bits per heavy atom. The molecule has 0 unspecified atom stereocenters. The quantitative estimate of drug-likeness (QED) is 0.442. The number of nitrogens with one attached hydrogen (secondary N) is 1. The van der Waals surface area contributed by atoms with Crippen molar-refractivity contribution < 1.29 is 9.15 Å². The van der Waals surface area contributed by atoms with Gasteiger partial charge in [-0.1, -0.05) is 12.1 Å². The SMILES string of the molecule is Cc1ccc(C)c2[nH]c(=O)c(CN(Cc3ccco3)Cc3nnnn3C[C@H]3CCCO3)cc12. The molecule has 0 aliphatic carbocycles. The summed E-state index contributed by atoms with van der Waals surface area (Å²) in [7, 11) is 0. The molecule has 1 saturated heterocycles. The number of fused-ring (bicyclic) bond motifs is 1. The van der Waals surface area contributed by atoms with Crippen LogP contribution in [0.3, 0.4) is 0 Å². The van der Waals surface area contributed by atoms with Crippen molar-refractivity contribution in [3.63, 3.8) is 0 Å². The van der Waals surface area contributed by atoms with Crippen LogP contribution in [0, 0.1) is 13.8 Å². The first-order chi connectivity index (χ1) is 16.1. The molecule has 1 fully saturated rings. The van der Waals surface area contributed by atoms with Gasteiger partial charge in [0.05, 0.1) is 37.5 Å². The highest BCUT2D eigenvalue weighted by Crippen LogP contribution is 2.21. The Morgan fingerprint density at radius 2 is 2.06 bits per heavy atom. The second-order valence-electron chi connectivity index (χ2n) is 8.75. The van der Waals surface area contributed by atoms with Crippen molar-refractivity contribution >= 4 is 10.9 Å². The number of aromatic nitrogens is 5. The van der Waals surface area contributed by atoms with Crippen LogP contribution in [-0.2, 0) is 30.9 Å². The number of pyridine rings is 1. The molecule has 1 atom stereocenters. The summed E-state index contributed by atoms with van der Waals surface area (Å²) in [5.41, 5.74) is 3.69. The molecule has 1 aliphatic rings. The zero-order chi connectivity index (χ0) is 22.8. The van der Waals surface area contributed by atoms with E-state index < -0.39 is 0 Å². The van der Waals surface area contributed by atoms with Gasteiger partial charge in [0.1, 0.15) is 5.76 Å². The molecule has 172 valence electrons. The van der Waals surface area contributed by atoms with Gasteiger partial charge in [0.2, 0.25) is 0 Å². The van der Waals surface area contributed by atoms with Gasteiger partial charge in [-0.2, -0.15) is 0 Å². The highest BCUT2D eigenvalue weighted by Gasteiger charge is 2.21. The van der Waals surface area contributed by atoms with Crippen molar-refractivity contribution in [3.05, 3.63) is 75.2 Å². The van der Waals surface area contributed by atoms with Gasteiger partial charge in [-0.05, 0) is 66.4 Å². The Hall–Kier alpha value is -3.30. The molecule has 0 radical (unpaired) electrons. The van der Waals surface area contributed by atoms with Crippen molar-refractivity contribution in [2.75, 3.05) is 6.61 Å². The molecule has 1 aromatic carbocycles. The Morgan fingerprint density at radius 1 is 1.18 bits per heavy atom. The number of aromatic amines is 1. The molecule has 0 bridgehead atoms. The summed E-state index contributed by atoms with van der Waals surface area (Å²) in [5, 5.41) is 13.4. The number of benzene rings is 1. The predicted molar refractivity (Wildman–Crippen MR) is 122 cm³/mol. The molecule has 0 saturated carbocycles. The largest absolute Gasteiger partial charge is 0.468 e. The van der Waals surface area contributed by atoms with Gasteiger partial charge < -0.3 is 14.1 Å². The zero-order valence-electron chi connectivity index (χ0n) is 19.0. The molecule has 4 heterocycles. The molecule has 5 rings (SSSR count). The summed E-state index contributed by atoms with van der Waals surface area (Å²) >= 11 is 0.